The van der Waals surface area contributed by atoms with Gasteiger partial charge < -0.3 is 4.90 Å². The average molecular weight is 214 g/mol. The lowest BCUT2D eigenvalue weighted by Crippen LogP contribution is -2.32. The maximum atomic E-state index is 4.83. The van der Waals surface area contributed by atoms with E-state index in [-0.39, 0.29) is 0 Å². The van der Waals surface area contributed by atoms with Crippen molar-refractivity contribution in [3.8, 4) is 0 Å². The minimum Gasteiger partial charge on any atom is -0.356 e. The maximum absolute atomic E-state index is 4.83. The van der Waals surface area contributed by atoms with Gasteiger partial charge in [-0.3, -0.25) is 0 Å². The Balaban J connectivity index is 2.00. The van der Waals surface area contributed by atoms with E-state index < -0.39 is 0 Å². The second kappa shape index (κ2) is 3.93. The third kappa shape index (κ3) is 1.73. The number of fused-ring (bicyclic) bond motifs is 2. The third-order valence-corrected chi connectivity index (χ3v) is 3.54. The van der Waals surface area contributed by atoms with Gasteiger partial charge in [0.15, 0.2) is 0 Å². The van der Waals surface area contributed by atoms with Gasteiger partial charge in [-0.1, -0.05) is 18.6 Å². The van der Waals surface area contributed by atoms with Gasteiger partial charge in [-0.05, 0) is 37.0 Å². The van der Waals surface area contributed by atoms with E-state index in [0.29, 0.717) is 0 Å². The Morgan fingerprint density at radius 2 is 2.12 bits per heavy atom. The molecule has 3 rings (SSSR count). The molecule has 84 valence electrons. The quantitative estimate of drug-likeness (QED) is 0.646. The van der Waals surface area contributed by atoms with E-state index in [1.807, 2.05) is 0 Å². The van der Waals surface area contributed by atoms with E-state index >= 15 is 0 Å². The molecule has 1 aromatic rings. The van der Waals surface area contributed by atoms with Gasteiger partial charge in [-0.25, -0.2) is 4.99 Å². The van der Waals surface area contributed by atoms with E-state index in [0.717, 1.165) is 13.0 Å². The van der Waals surface area contributed by atoms with E-state index in [1.54, 1.807) is 0 Å². The summed E-state index contributed by atoms with van der Waals surface area (Å²) in [5.41, 5.74) is 3.90. The van der Waals surface area contributed by atoms with Gasteiger partial charge in [0.25, 0.3) is 0 Å². The molecule has 0 saturated carbocycles. The largest absolute Gasteiger partial charge is 0.356 e. The third-order valence-electron chi connectivity index (χ3n) is 3.54. The van der Waals surface area contributed by atoms with Gasteiger partial charge in [0.1, 0.15) is 5.84 Å². The molecule has 1 saturated heterocycles. The predicted octanol–water partition coefficient (Wildman–Crippen LogP) is 3.41. The summed E-state index contributed by atoms with van der Waals surface area (Å²) < 4.78 is 0. The van der Waals surface area contributed by atoms with Gasteiger partial charge in [0.2, 0.25) is 0 Å². The molecule has 0 amide bonds. The Morgan fingerprint density at radius 1 is 1.19 bits per heavy atom. The summed E-state index contributed by atoms with van der Waals surface area (Å²) in [4.78, 5) is 7.29. The first kappa shape index (κ1) is 9.88. The number of amidine groups is 1. The van der Waals surface area contributed by atoms with Crippen LogP contribution in [0.25, 0.3) is 0 Å². The first-order chi connectivity index (χ1) is 7.83. The van der Waals surface area contributed by atoms with Crippen molar-refractivity contribution in [1.82, 2.24) is 4.90 Å². The van der Waals surface area contributed by atoms with E-state index in [4.69, 9.17) is 4.99 Å². The van der Waals surface area contributed by atoms with Crippen LogP contribution in [0.2, 0.25) is 0 Å². The summed E-state index contributed by atoms with van der Waals surface area (Å²) in [6.45, 7) is 4.39. The van der Waals surface area contributed by atoms with Crippen LogP contribution in [0, 0.1) is 6.92 Å². The average Bonchev–Trinajstić information content (AvgIpc) is 2.50. The number of benzene rings is 1. The summed E-state index contributed by atoms with van der Waals surface area (Å²) in [7, 11) is 0. The summed E-state index contributed by atoms with van der Waals surface area (Å²) in [6, 6.07) is 6.64. The minimum atomic E-state index is 1.06. The SMILES string of the molecule is Cc1ccc2c(c1)N=C1CCCCCN1C2. The number of nitrogens with zero attached hydrogens (tertiary/aromatic N) is 2. The molecule has 2 aliphatic heterocycles. The summed E-state index contributed by atoms with van der Waals surface area (Å²) >= 11 is 0. The van der Waals surface area contributed by atoms with Crippen molar-refractivity contribution in [2.75, 3.05) is 6.54 Å². The van der Waals surface area contributed by atoms with Crippen LogP contribution in [0.5, 0.6) is 0 Å². The number of hydrogen-bond donors (Lipinski definition) is 0. The molecule has 1 fully saturated rings. The van der Waals surface area contributed by atoms with Crippen LogP contribution in [-0.2, 0) is 6.54 Å². The molecule has 2 nitrogen and oxygen atoms in total. The highest BCUT2D eigenvalue weighted by atomic mass is 15.2. The first-order valence-corrected chi connectivity index (χ1v) is 6.25. The zero-order valence-electron chi connectivity index (χ0n) is 9.87. The van der Waals surface area contributed by atoms with E-state index in [9.17, 15) is 0 Å². The normalized spacial score (nSPS) is 19.6. The van der Waals surface area contributed by atoms with Gasteiger partial charge in [0.05, 0.1) is 5.69 Å². The van der Waals surface area contributed by atoms with Gasteiger partial charge in [-0.2, -0.15) is 0 Å². The van der Waals surface area contributed by atoms with Crippen LogP contribution in [0.15, 0.2) is 23.2 Å². The van der Waals surface area contributed by atoms with Crippen LogP contribution in [0.4, 0.5) is 5.69 Å². The molecule has 2 aliphatic rings. The smallest absolute Gasteiger partial charge is 0.105 e. The van der Waals surface area contributed by atoms with Crippen molar-refractivity contribution in [2.45, 2.75) is 39.2 Å². The zero-order chi connectivity index (χ0) is 11.0. The molecule has 1 aromatic carbocycles. The van der Waals surface area contributed by atoms with Crippen LogP contribution in [0.1, 0.15) is 36.8 Å². The van der Waals surface area contributed by atoms with Crippen LogP contribution in [-0.4, -0.2) is 17.3 Å². The fraction of sp³-hybridized carbons (Fsp3) is 0.500. The molecule has 16 heavy (non-hydrogen) atoms. The molecular weight excluding hydrogens is 196 g/mol. The Bertz CT molecular complexity index is 434. The highest BCUT2D eigenvalue weighted by molar-refractivity contribution is 5.87. The highest BCUT2D eigenvalue weighted by Gasteiger charge is 2.20. The molecule has 0 aromatic heterocycles. The number of aryl methyl sites for hydroxylation is 1. The van der Waals surface area contributed by atoms with E-state index in [1.165, 1.54) is 48.5 Å². The molecule has 0 bridgehead atoms. The van der Waals surface area contributed by atoms with Gasteiger partial charge in [-0.15, -0.1) is 0 Å². The molecular formula is C14H18N2. The molecule has 0 atom stereocenters. The Labute approximate surface area is 97.0 Å². The molecule has 0 aliphatic carbocycles. The lowest BCUT2D eigenvalue weighted by atomic mass is 10.1. The van der Waals surface area contributed by atoms with Gasteiger partial charge in [0, 0.05) is 19.5 Å². The van der Waals surface area contributed by atoms with Crippen LogP contribution in [0.3, 0.4) is 0 Å². The van der Waals surface area contributed by atoms with Gasteiger partial charge >= 0.3 is 0 Å². The Hall–Kier alpha value is -1.31. The summed E-state index contributed by atoms with van der Waals surface area (Å²) in [5.74, 6) is 1.32. The summed E-state index contributed by atoms with van der Waals surface area (Å²) in [6.07, 6.45) is 5.13. The molecule has 0 N–H and O–H groups in total. The van der Waals surface area contributed by atoms with Crippen molar-refractivity contribution in [3.05, 3.63) is 29.3 Å². The minimum absolute atomic E-state index is 1.06. The second-order valence-electron chi connectivity index (χ2n) is 4.89. The number of hydrogen-bond acceptors (Lipinski definition) is 2. The highest BCUT2D eigenvalue weighted by Crippen LogP contribution is 2.29. The Morgan fingerprint density at radius 3 is 3.06 bits per heavy atom. The molecule has 2 heteroatoms. The second-order valence-corrected chi connectivity index (χ2v) is 4.89. The molecule has 0 spiro atoms. The monoisotopic (exact) mass is 214 g/mol. The number of rotatable bonds is 0. The van der Waals surface area contributed by atoms with Crippen LogP contribution >= 0.6 is 0 Å². The summed E-state index contributed by atoms with van der Waals surface area (Å²) in [5, 5.41) is 0. The molecule has 0 radical (unpaired) electrons. The standard InChI is InChI=1S/C14H18N2/c1-11-6-7-12-10-16-8-4-2-3-5-14(16)15-13(12)9-11/h6-7,9H,2-5,8,10H2,1H3. The van der Waals surface area contributed by atoms with Crippen molar-refractivity contribution >= 4 is 11.5 Å². The van der Waals surface area contributed by atoms with Crippen molar-refractivity contribution in [3.63, 3.8) is 0 Å². The number of aliphatic imine (C=N–C) groups is 1. The topological polar surface area (TPSA) is 15.6 Å². The lowest BCUT2D eigenvalue weighted by Gasteiger charge is -2.29. The maximum Gasteiger partial charge on any atom is 0.105 e. The molecule has 0 unspecified atom stereocenters. The van der Waals surface area contributed by atoms with Crippen molar-refractivity contribution in [1.29, 1.82) is 0 Å². The van der Waals surface area contributed by atoms with E-state index in [2.05, 4.69) is 30.0 Å². The lowest BCUT2D eigenvalue weighted by molar-refractivity contribution is 0.403. The van der Waals surface area contributed by atoms with Crippen molar-refractivity contribution < 1.29 is 0 Å². The van der Waals surface area contributed by atoms with Crippen molar-refractivity contribution in [2.24, 2.45) is 4.99 Å². The molecule has 2 heterocycles. The fourth-order valence-electron chi connectivity index (χ4n) is 2.60. The Kier molecular flexibility index (Phi) is 2.43. The predicted molar refractivity (Wildman–Crippen MR) is 67.2 cm³/mol. The van der Waals surface area contributed by atoms with Crippen LogP contribution < -0.4 is 0 Å². The fourth-order valence-corrected chi connectivity index (χ4v) is 2.60. The first-order valence-electron chi connectivity index (χ1n) is 6.25. The zero-order valence-corrected chi connectivity index (χ0v) is 9.87.